The third kappa shape index (κ3) is 97.7. The molecule has 10 heteroatoms. The largest absolute Gasteiger partial charge is 0.545 e. The standard InChI is InChI=1S/2C8H17.C4H4O4.2C4H9.2C2H4O2.2Sn/c2*1-3-5-7-8-6-4-2;5-3(6)1-2-4(7)8;2*1-3-4-2;2*1-2(3)4;;/h2*1,3-8H2,2H3;1-2H,(H,5,6)(H,7,8);2*1,3-4H2,2H3;2*1H3,(H,3,4);;/q;;;;;;;2*+2/p-4/b;;2-1-;;;;;;. The van der Waals surface area contributed by atoms with Gasteiger partial charge in [-0.3, -0.25) is 0 Å². The fraction of sp³-hybridized carbons (Fsp3) is 0.812. The van der Waals surface area contributed by atoms with Gasteiger partial charge in [-0.15, -0.1) is 0 Å². The first-order valence-corrected chi connectivity index (χ1v) is 23.9. The van der Waals surface area contributed by atoms with Crippen LogP contribution in [0.5, 0.6) is 0 Å². The maximum atomic E-state index is 9.41. The van der Waals surface area contributed by atoms with Crippen LogP contribution in [-0.4, -0.2) is 66.2 Å². The molecule has 0 aromatic heterocycles. The maximum absolute atomic E-state index is 9.41. The monoisotopic (exact) mass is 812 g/mol. The van der Waals surface area contributed by atoms with E-state index in [0.29, 0.717) is 12.2 Å². The molecule has 0 saturated carbocycles. The quantitative estimate of drug-likeness (QED) is 0.0904. The number of carboxylic acid groups (broad SMARTS) is 4. The van der Waals surface area contributed by atoms with E-state index in [9.17, 15) is 19.8 Å². The van der Waals surface area contributed by atoms with Gasteiger partial charge >= 0.3 is 190 Å². The van der Waals surface area contributed by atoms with Crippen molar-refractivity contribution in [2.45, 2.75) is 162 Å². The van der Waals surface area contributed by atoms with E-state index >= 15 is 0 Å². The second kappa shape index (κ2) is 49.9. The average molecular weight is 810 g/mol. The first kappa shape index (κ1) is 50.8. The second-order valence-electron chi connectivity index (χ2n) is 9.70. The Morgan fingerprint density at radius 2 is 0.643 bits per heavy atom. The zero-order valence-corrected chi connectivity index (χ0v) is 33.3. The van der Waals surface area contributed by atoms with Crippen LogP contribution in [0, 0.1) is 0 Å². The Hall–Kier alpha value is -0.783. The van der Waals surface area contributed by atoms with Crippen LogP contribution in [-0.2, 0) is 19.2 Å². The zero-order chi connectivity index (χ0) is 33.3. The van der Waals surface area contributed by atoms with E-state index in [1.165, 1.54) is 89.9 Å². The summed E-state index contributed by atoms with van der Waals surface area (Å²) in [5.74, 6) is -5.26. The van der Waals surface area contributed by atoms with Crippen molar-refractivity contribution in [2.75, 3.05) is 0 Å². The summed E-state index contributed by atoms with van der Waals surface area (Å²) < 4.78 is 6.56. The zero-order valence-electron chi connectivity index (χ0n) is 27.6. The maximum Gasteiger partial charge on any atom is 0.0643 e. The van der Waals surface area contributed by atoms with E-state index in [4.69, 9.17) is 19.8 Å². The van der Waals surface area contributed by atoms with Gasteiger partial charge in [0, 0.05) is 11.9 Å². The molecule has 0 atom stereocenters. The summed E-state index contributed by atoms with van der Waals surface area (Å²) >= 11 is 0.223. The van der Waals surface area contributed by atoms with E-state index in [-0.39, 0.29) is 42.3 Å². The van der Waals surface area contributed by atoms with Crippen molar-refractivity contribution in [2.24, 2.45) is 0 Å². The third-order valence-electron chi connectivity index (χ3n) is 5.18. The molecular weight excluding hydrogens is 750 g/mol. The molecule has 0 saturated heterocycles. The van der Waals surface area contributed by atoms with Crippen molar-refractivity contribution in [1.82, 2.24) is 0 Å². The van der Waals surface area contributed by atoms with Gasteiger partial charge in [-0.2, -0.15) is 0 Å². The van der Waals surface area contributed by atoms with Gasteiger partial charge in [0.25, 0.3) is 0 Å². The molecule has 0 rings (SSSR count). The molecule has 0 N–H and O–H groups in total. The Bertz CT molecular complexity index is 543. The summed E-state index contributed by atoms with van der Waals surface area (Å²) in [6.45, 7) is 11.1. The number of carboxylic acids is 4. The van der Waals surface area contributed by atoms with Crippen LogP contribution in [0.15, 0.2) is 12.2 Å². The van der Waals surface area contributed by atoms with Crippen LogP contribution in [0.3, 0.4) is 0 Å². The molecule has 8 nitrogen and oxygen atoms in total. The Morgan fingerprint density at radius 3 is 0.881 bits per heavy atom. The fourth-order valence-corrected chi connectivity index (χ4v) is 10.8. The molecule has 0 bridgehead atoms. The van der Waals surface area contributed by atoms with E-state index in [2.05, 4.69) is 27.7 Å². The van der Waals surface area contributed by atoms with Crippen molar-refractivity contribution in [3.8, 4) is 0 Å². The van der Waals surface area contributed by atoms with Gasteiger partial charge in [-0.1, -0.05) is 0 Å². The van der Waals surface area contributed by atoms with Gasteiger partial charge in [0.1, 0.15) is 0 Å². The van der Waals surface area contributed by atoms with Gasteiger partial charge in [0.15, 0.2) is 0 Å². The summed E-state index contributed by atoms with van der Waals surface area (Å²) in [5.41, 5.74) is 0. The van der Waals surface area contributed by atoms with Gasteiger partial charge in [0.2, 0.25) is 0 Å². The van der Waals surface area contributed by atoms with E-state index in [1.54, 1.807) is 30.6 Å². The molecule has 0 spiro atoms. The predicted octanol–water partition coefficient (Wildman–Crippen LogP) is 3.93. The SMILES string of the molecule is CC(=O)[O-].CC(=O)[O-].CCCCCCC[CH2][Sn+2][CH2]CCCCCCC.CCC[CH2][Sn+2][CH2]CCC.O=C([O-])/C=C\C(=O)[O-]. The fourth-order valence-electron chi connectivity index (χ4n) is 3.05. The van der Waals surface area contributed by atoms with E-state index in [1.807, 2.05) is 0 Å². The minimum atomic E-state index is -1.55. The van der Waals surface area contributed by atoms with Gasteiger partial charge < -0.3 is 39.6 Å². The smallest absolute Gasteiger partial charge is 0.0643 e. The first-order chi connectivity index (χ1) is 19.9. The minimum absolute atomic E-state index is 0.0736. The van der Waals surface area contributed by atoms with Crippen molar-refractivity contribution in [1.29, 1.82) is 0 Å². The topological polar surface area (TPSA) is 161 Å². The summed E-state index contributed by atoms with van der Waals surface area (Å²) in [4.78, 5) is 36.6. The molecule has 0 aliphatic heterocycles. The number of aliphatic carboxylic acids is 4. The van der Waals surface area contributed by atoms with Crippen LogP contribution < -0.4 is 20.4 Å². The molecule has 0 radical (unpaired) electrons. The second-order valence-corrected chi connectivity index (χ2v) is 18.3. The summed E-state index contributed by atoms with van der Waals surface area (Å²) in [5, 5.41) is 36.6. The molecule has 244 valence electrons. The average Bonchev–Trinajstić information content (AvgIpc) is 2.90. The van der Waals surface area contributed by atoms with Gasteiger partial charge in [-0.25, -0.2) is 0 Å². The van der Waals surface area contributed by atoms with Crippen molar-refractivity contribution in [3.63, 3.8) is 0 Å². The van der Waals surface area contributed by atoms with Gasteiger partial charge in [-0.05, 0) is 26.0 Å². The molecule has 42 heavy (non-hydrogen) atoms. The first-order valence-electron chi connectivity index (χ1n) is 15.8. The molecule has 0 unspecified atom stereocenters. The third-order valence-corrected chi connectivity index (χ3v) is 13.3. The normalized spacial score (nSPS) is 9.19. The summed E-state index contributed by atoms with van der Waals surface area (Å²) in [6.07, 6.45) is 24.4. The van der Waals surface area contributed by atoms with Gasteiger partial charge in [0.05, 0.1) is 11.9 Å². The van der Waals surface area contributed by atoms with Crippen LogP contribution in [0.25, 0.3) is 0 Å². The minimum Gasteiger partial charge on any atom is -0.545 e. The van der Waals surface area contributed by atoms with Crippen LogP contribution in [0.2, 0.25) is 17.7 Å². The summed E-state index contributed by atoms with van der Waals surface area (Å²) in [7, 11) is 0. The number of carbonyl (C=O) groups is 4. The van der Waals surface area contributed by atoms with Crippen LogP contribution >= 0.6 is 0 Å². The van der Waals surface area contributed by atoms with Crippen LogP contribution in [0.1, 0.15) is 144 Å². The molecule has 0 aromatic rings. The predicted molar refractivity (Wildman–Crippen MR) is 168 cm³/mol. The number of hydrogen-bond donors (Lipinski definition) is 0. The Morgan fingerprint density at radius 1 is 0.429 bits per heavy atom. The van der Waals surface area contributed by atoms with Crippen LogP contribution in [0.4, 0.5) is 0 Å². The molecule has 0 aliphatic carbocycles. The number of unbranched alkanes of at least 4 members (excludes halogenated alkanes) is 12. The molecule has 0 aromatic carbocycles. The van der Waals surface area contributed by atoms with E-state index < -0.39 is 23.9 Å². The Kier molecular flexibility index (Phi) is 60.4. The Balaban J connectivity index is -0.000000154. The Labute approximate surface area is 278 Å². The molecule has 0 aliphatic rings. The molecular formula is C32H60O8Sn2. The van der Waals surface area contributed by atoms with Crippen molar-refractivity contribution < 1.29 is 39.6 Å². The molecule has 0 fully saturated rings. The van der Waals surface area contributed by atoms with Crippen molar-refractivity contribution in [3.05, 3.63) is 12.2 Å². The molecule has 0 heterocycles. The number of hydrogen-bond acceptors (Lipinski definition) is 8. The number of rotatable bonds is 22. The summed E-state index contributed by atoms with van der Waals surface area (Å²) in [6, 6.07) is 0. The van der Waals surface area contributed by atoms with E-state index in [0.717, 1.165) is 13.8 Å². The molecule has 0 amide bonds. The number of carbonyl (C=O) groups excluding carboxylic acids is 4. The van der Waals surface area contributed by atoms with Crippen molar-refractivity contribution >= 4 is 66.2 Å².